The topological polar surface area (TPSA) is 109 Å². The Morgan fingerprint density at radius 2 is 1.53 bits per heavy atom. The van der Waals surface area contributed by atoms with Crippen LogP contribution in [0.1, 0.15) is 76.4 Å². The van der Waals surface area contributed by atoms with Gasteiger partial charge in [-0.2, -0.15) is 0 Å². The van der Waals surface area contributed by atoms with E-state index >= 15 is 0 Å². The number of halogens is 1. The number of nitrogens with zero attached hydrogens (tertiary/aromatic N) is 4. The van der Waals surface area contributed by atoms with Crippen LogP contribution in [0.2, 0.25) is 0 Å². The first-order valence-corrected chi connectivity index (χ1v) is 16.7. The van der Waals surface area contributed by atoms with Crippen LogP contribution >= 0.6 is 11.8 Å². The van der Waals surface area contributed by atoms with Crippen LogP contribution in [0.4, 0.5) is 4.39 Å². The fourth-order valence-corrected chi connectivity index (χ4v) is 5.97. The Kier molecular flexibility index (Phi) is 11.8. The monoisotopic (exact) mass is 649 g/mol. The minimum atomic E-state index is -0.609. The molecule has 240 valence electrons. The molecule has 10 heteroatoms. The third-order valence-electron chi connectivity index (χ3n) is 7.68. The van der Waals surface area contributed by atoms with Gasteiger partial charge in [0.15, 0.2) is 5.16 Å². The second-order valence-electron chi connectivity index (χ2n) is 11.2. The number of rotatable bonds is 15. The van der Waals surface area contributed by atoms with Crippen LogP contribution in [0.3, 0.4) is 0 Å². The molecule has 2 aromatic heterocycles. The molecule has 1 amide bonds. The molecule has 0 bridgehead atoms. The lowest BCUT2D eigenvalue weighted by Crippen LogP contribution is -2.31. The maximum absolute atomic E-state index is 13.8. The van der Waals surface area contributed by atoms with Crippen molar-refractivity contribution in [2.75, 3.05) is 6.54 Å². The van der Waals surface area contributed by atoms with E-state index in [0.717, 1.165) is 36.8 Å². The average molecular weight is 650 g/mol. The van der Waals surface area contributed by atoms with Crippen LogP contribution in [-0.2, 0) is 12.3 Å². The molecule has 1 N–H and O–H groups in total. The molecule has 0 fully saturated rings. The Morgan fingerprint density at radius 3 is 2.23 bits per heavy atom. The van der Waals surface area contributed by atoms with E-state index in [1.807, 2.05) is 35.2 Å². The summed E-state index contributed by atoms with van der Waals surface area (Å²) in [5.41, 5.74) is 2.47. The number of thioether (sulfide) groups is 1. The number of carbonyl (C=O) groups is 2. The van der Waals surface area contributed by atoms with Crippen LogP contribution < -0.4 is 5.56 Å². The SMILES string of the molecule is CCCCCCCN(Cc1ccccc1)C(=O)c1ccc(-c2nc(SCc3ccc(F)cc3)[nH]c(=O)c2C(=O)c2cncnc2)cc1. The number of nitrogens with one attached hydrogen (secondary N) is 1. The van der Waals surface area contributed by atoms with E-state index in [0.29, 0.717) is 35.1 Å². The summed E-state index contributed by atoms with van der Waals surface area (Å²) in [6.45, 7) is 3.32. The molecule has 0 unspecified atom stereocenters. The lowest BCUT2D eigenvalue weighted by atomic mass is 9.99. The Balaban J connectivity index is 1.44. The smallest absolute Gasteiger partial charge is 0.263 e. The van der Waals surface area contributed by atoms with Gasteiger partial charge < -0.3 is 9.88 Å². The first-order valence-electron chi connectivity index (χ1n) is 15.7. The number of hydrogen-bond donors (Lipinski definition) is 1. The summed E-state index contributed by atoms with van der Waals surface area (Å²) >= 11 is 1.26. The molecule has 0 spiro atoms. The van der Waals surface area contributed by atoms with Crippen molar-refractivity contribution in [3.63, 3.8) is 0 Å². The molecule has 47 heavy (non-hydrogen) atoms. The van der Waals surface area contributed by atoms with E-state index in [9.17, 15) is 18.8 Å². The highest BCUT2D eigenvalue weighted by molar-refractivity contribution is 7.98. The zero-order chi connectivity index (χ0) is 33.0. The number of carbonyl (C=O) groups excluding carboxylic acids is 2. The summed E-state index contributed by atoms with van der Waals surface area (Å²) in [6, 6.07) is 22.8. The first-order chi connectivity index (χ1) is 22.9. The Labute approximate surface area is 277 Å². The normalized spacial score (nSPS) is 10.9. The minimum Gasteiger partial charge on any atom is -0.334 e. The summed E-state index contributed by atoms with van der Waals surface area (Å²) in [4.78, 5) is 57.9. The summed E-state index contributed by atoms with van der Waals surface area (Å²) in [5.74, 6) is -0.576. The molecule has 5 rings (SSSR count). The highest BCUT2D eigenvalue weighted by Gasteiger charge is 2.23. The molecule has 0 aliphatic heterocycles. The quantitative estimate of drug-likeness (QED) is 0.0541. The van der Waals surface area contributed by atoms with Gasteiger partial charge in [0, 0.05) is 42.4 Å². The second-order valence-corrected chi connectivity index (χ2v) is 12.1. The molecule has 0 aliphatic carbocycles. The maximum Gasteiger partial charge on any atom is 0.263 e. The fraction of sp³-hybridized carbons (Fsp3) is 0.243. The number of H-pyrrole nitrogens is 1. The van der Waals surface area contributed by atoms with Crippen LogP contribution in [0.5, 0.6) is 0 Å². The van der Waals surface area contributed by atoms with Crippen molar-refractivity contribution in [1.82, 2.24) is 24.8 Å². The standard InChI is InChI=1S/C37H36FN5O3S/c1-2-3-4-5-9-20-43(23-26-10-7-6-8-11-26)36(46)29-16-14-28(15-17-29)33-32(34(44)30-21-39-25-40-22-30)35(45)42-37(41-33)47-24-27-12-18-31(38)19-13-27/h6-8,10-19,21-22,25H,2-5,9,20,23-24H2,1H3,(H,41,42,45). The van der Waals surface area contributed by atoms with Crippen molar-refractivity contribution < 1.29 is 14.0 Å². The van der Waals surface area contributed by atoms with Gasteiger partial charge in [-0.15, -0.1) is 0 Å². The molecular weight excluding hydrogens is 614 g/mol. The van der Waals surface area contributed by atoms with Crippen molar-refractivity contribution in [2.24, 2.45) is 0 Å². The number of amides is 1. The van der Waals surface area contributed by atoms with E-state index in [1.54, 1.807) is 36.4 Å². The Bertz CT molecular complexity index is 1830. The van der Waals surface area contributed by atoms with E-state index in [-0.39, 0.29) is 28.5 Å². The number of benzene rings is 3. The summed E-state index contributed by atoms with van der Waals surface area (Å²) in [7, 11) is 0. The van der Waals surface area contributed by atoms with E-state index in [2.05, 4.69) is 26.9 Å². The van der Waals surface area contributed by atoms with Crippen LogP contribution in [0, 0.1) is 5.82 Å². The molecule has 5 aromatic rings. The number of aromatic nitrogens is 4. The van der Waals surface area contributed by atoms with Gasteiger partial charge in [-0.25, -0.2) is 19.3 Å². The van der Waals surface area contributed by atoms with Crippen molar-refractivity contribution in [3.8, 4) is 11.3 Å². The van der Waals surface area contributed by atoms with Crippen LogP contribution in [0.25, 0.3) is 11.3 Å². The van der Waals surface area contributed by atoms with E-state index in [1.165, 1.54) is 49.0 Å². The molecule has 0 saturated carbocycles. The van der Waals surface area contributed by atoms with Gasteiger partial charge in [-0.1, -0.05) is 99.0 Å². The first kappa shape index (κ1) is 33.4. The highest BCUT2D eigenvalue weighted by atomic mass is 32.2. The second kappa shape index (κ2) is 16.6. The molecule has 8 nitrogen and oxygen atoms in total. The Hall–Kier alpha value is -4.96. The van der Waals surface area contributed by atoms with Gasteiger partial charge in [0.05, 0.1) is 11.3 Å². The molecule has 0 radical (unpaired) electrons. The zero-order valence-corrected chi connectivity index (χ0v) is 27.0. The Morgan fingerprint density at radius 1 is 0.830 bits per heavy atom. The molecule has 3 aromatic carbocycles. The van der Waals surface area contributed by atoms with E-state index in [4.69, 9.17) is 0 Å². The van der Waals surface area contributed by atoms with Gasteiger partial charge >= 0.3 is 0 Å². The number of unbranched alkanes of at least 4 members (excludes halogenated alkanes) is 4. The van der Waals surface area contributed by atoms with Crippen LogP contribution in [0.15, 0.2) is 108 Å². The van der Waals surface area contributed by atoms with Crippen molar-refractivity contribution >= 4 is 23.5 Å². The molecular formula is C37H36FN5O3S. The number of hydrogen-bond acceptors (Lipinski definition) is 7. The van der Waals surface area contributed by atoms with Crippen LogP contribution in [-0.4, -0.2) is 43.1 Å². The van der Waals surface area contributed by atoms with Crippen molar-refractivity contribution in [2.45, 2.75) is 56.5 Å². The van der Waals surface area contributed by atoms with E-state index < -0.39 is 11.3 Å². The van der Waals surface area contributed by atoms with Gasteiger partial charge in [-0.3, -0.25) is 14.4 Å². The minimum absolute atomic E-state index is 0.0944. The molecule has 0 atom stereocenters. The van der Waals surface area contributed by atoms with Crippen molar-refractivity contribution in [1.29, 1.82) is 0 Å². The maximum atomic E-state index is 13.8. The highest BCUT2D eigenvalue weighted by Crippen LogP contribution is 2.27. The number of aromatic amines is 1. The average Bonchev–Trinajstić information content (AvgIpc) is 3.11. The third-order valence-corrected chi connectivity index (χ3v) is 8.62. The summed E-state index contributed by atoms with van der Waals surface area (Å²) in [5, 5.41) is 0.299. The lowest BCUT2D eigenvalue weighted by molar-refractivity contribution is 0.0739. The summed E-state index contributed by atoms with van der Waals surface area (Å²) < 4.78 is 13.4. The van der Waals surface area contributed by atoms with Crippen molar-refractivity contribution in [3.05, 3.63) is 142 Å². The molecule has 0 aliphatic rings. The largest absolute Gasteiger partial charge is 0.334 e. The summed E-state index contributed by atoms with van der Waals surface area (Å²) in [6.07, 6.45) is 9.45. The fourth-order valence-electron chi connectivity index (χ4n) is 5.15. The predicted molar refractivity (Wildman–Crippen MR) is 182 cm³/mol. The molecule has 0 saturated heterocycles. The van der Waals surface area contributed by atoms with Gasteiger partial charge in [0.25, 0.3) is 11.5 Å². The van der Waals surface area contributed by atoms with Gasteiger partial charge in [0.2, 0.25) is 5.78 Å². The zero-order valence-electron chi connectivity index (χ0n) is 26.2. The van der Waals surface area contributed by atoms with Gasteiger partial charge in [-0.05, 0) is 41.8 Å². The third kappa shape index (κ3) is 9.07. The molecule has 2 heterocycles. The van der Waals surface area contributed by atoms with Gasteiger partial charge in [0.1, 0.15) is 17.7 Å². The predicted octanol–water partition coefficient (Wildman–Crippen LogP) is 7.50. The lowest BCUT2D eigenvalue weighted by Gasteiger charge is -2.23. The number of ketones is 1.